The number of anilines is 2. The summed E-state index contributed by atoms with van der Waals surface area (Å²) < 4.78 is 39.4. The lowest BCUT2D eigenvalue weighted by molar-refractivity contribution is -0.142. The molecule has 0 amide bonds. The Labute approximate surface area is 227 Å². The van der Waals surface area contributed by atoms with Crippen LogP contribution in [0.4, 0.5) is 11.4 Å². The summed E-state index contributed by atoms with van der Waals surface area (Å²) >= 11 is 1.49. The van der Waals surface area contributed by atoms with Gasteiger partial charge < -0.3 is 19.1 Å². The number of carbonyl (C=O) groups excluding carboxylic acids is 1. The number of methoxy groups -OCH3 is 2. The molecule has 0 fully saturated rings. The van der Waals surface area contributed by atoms with Crippen LogP contribution in [0.3, 0.4) is 0 Å². The van der Waals surface area contributed by atoms with Crippen molar-refractivity contribution in [2.75, 3.05) is 44.3 Å². The number of benzene rings is 2. The van der Waals surface area contributed by atoms with Crippen molar-refractivity contribution >= 4 is 39.7 Å². The first-order valence-electron chi connectivity index (χ1n) is 12.8. The van der Waals surface area contributed by atoms with Gasteiger partial charge in [0.2, 0.25) is 0 Å². The third-order valence-corrected chi connectivity index (χ3v) is 9.77. The Morgan fingerprint density at radius 1 is 1.08 bits per heavy atom. The Morgan fingerprint density at radius 2 is 1.73 bits per heavy atom. The number of rotatable bonds is 12. The van der Waals surface area contributed by atoms with Crippen molar-refractivity contribution in [1.29, 1.82) is 0 Å². The van der Waals surface area contributed by atoms with Crippen LogP contribution >= 0.6 is 22.4 Å². The molecule has 0 aromatic heterocycles. The van der Waals surface area contributed by atoms with Crippen LogP contribution in [0, 0.1) is 5.41 Å². The molecule has 1 aliphatic heterocycles. The molecule has 0 saturated heterocycles. The summed E-state index contributed by atoms with van der Waals surface area (Å²) in [5, 5.41) is 0. The molecule has 1 aliphatic rings. The molecule has 9 heteroatoms. The molecule has 3 rings (SSSR count). The predicted octanol–water partition coefficient (Wildman–Crippen LogP) is 7.60. The SMILES string of the molecule is CCCCC1(CCCC)CN(c2ccc(OC)cc2)c2cc(SC)c(OCC(=O)OC)cc2S(O)(O)C1. The van der Waals surface area contributed by atoms with E-state index in [2.05, 4.69) is 18.7 Å². The fourth-order valence-corrected chi connectivity index (χ4v) is 7.70. The van der Waals surface area contributed by atoms with E-state index in [9.17, 15) is 13.9 Å². The molecule has 2 aromatic rings. The van der Waals surface area contributed by atoms with Crippen LogP contribution in [0.25, 0.3) is 0 Å². The predicted molar refractivity (Wildman–Crippen MR) is 153 cm³/mol. The maximum Gasteiger partial charge on any atom is 0.343 e. The molecule has 0 bridgehead atoms. The van der Waals surface area contributed by atoms with E-state index in [-0.39, 0.29) is 12.0 Å². The second kappa shape index (κ2) is 13.1. The van der Waals surface area contributed by atoms with Crippen LogP contribution in [0.1, 0.15) is 52.4 Å². The Bertz CT molecular complexity index is 1040. The average molecular weight is 552 g/mol. The van der Waals surface area contributed by atoms with Crippen LogP contribution in [0.2, 0.25) is 0 Å². The number of fused-ring (bicyclic) bond motifs is 1. The minimum atomic E-state index is -3.16. The van der Waals surface area contributed by atoms with Crippen molar-refractivity contribution in [1.82, 2.24) is 0 Å². The van der Waals surface area contributed by atoms with E-state index in [0.717, 1.165) is 60.5 Å². The van der Waals surface area contributed by atoms with E-state index in [1.807, 2.05) is 36.6 Å². The maximum absolute atomic E-state index is 11.8. The molecule has 0 radical (unpaired) electrons. The van der Waals surface area contributed by atoms with Gasteiger partial charge in [0.25, 0.3) is 0 Å². The van der Waals surface area contributed by atoms with E-state index in [1.54, 1.807) is 13.2 Å². The third kappa shape index (κ3) is 7.07. The fraction of sp³-hybridized carbons (Fsp3) is 0.536. The summed E-state index contributed by atoms with van der Waals surface area (Å²) in [6.45, 7) is 4.78. The van der Waals surface area contributed by atoms with Crippen LogP contribution < -0.4 is 14.4 Å². The molecule has 0 aliphatic carbocycles. The van der Waals surface area contributed by atoms with Gasteiger partial charge in [-0.2, -0.15) is 10.6 Å². The molecule has 206 valence electrons. The number of ether oxygens (including phenoxy) is 3. The first-order valence-corrected chi connectivity index (χ1v) is 15.8. The van der Waals surface area contributed by atoms with E-state index >= 15 is 0 Å². The number of hydrogen-bond acceptors (Lipinski definition) is 8. The molecule has 37 heavy (non-hydrogen) atoms. The molecular formula is C28H41NO6S2. The molecule has 2 N–H and O–H groups in total. The highest BCUT2D eigenvalue weighted by Crippen LogP contribution is 2.62. The number of carbonyl (C=O) groups is 1. The monoisotopic (exact) mass is 551 g/mol. The number of unbranched alkanes of at least 4 members (excludes halogenated alkanes) is 2. The summed E-state index contributed by atoms with van der Waals surface area (Å²) in [5.74, 6) is 1.02. The van der Waals surface area contributed by atoms with Crippen LogP contribution in [-0.2, 0) is 9.53 Å². The van der Waals surface area contributed by atoms with Gasteiger partial charge in [-0.25, -0.2) is 4.79 Å². The minimum Gasteiger partial charge on any atom is -0.497 e. The molecule has 0 atom stereocenters. The number of esters is 1. The molecule has 2 aromatic carbocycles. The van der Waals surface area contributed by atoms with Crippen molar-refractivity contribution in [2.45, 2.75) is 62.2 Å². The van der Waals surface area contributed by atoms with E-state index < -0.39 is 16.6 Å². The molecular weight excluding hydrogens is 510 g/mol. The third-order valence-electron chi connectivity index (χ3n) is 6.97. The highest BCUT2D eigenvalue weighted by atomic mass is 32.3. The first-order chi connectivity index (χ1) is 17.7. The fourth-order valence-electron chi connectivity index (χ4n) is 4.97. The Morgan fingerprint density at radius 3 is 2.27 bits per heavy atom. The van der Waals surface area contributed by atoms with Gasteiger partial charge in [-0.15, -0.1) is 11.8 Å². The second-order valence-electron chi connectivity index (χ2n) is 9.64. The van der Waals surface area contributed by atoms with Gasteiger partial charge in [0.1, 0.15) is 11.5 Å². The zero-order valence-electron chi connectivity index (χ0n) is 22.6. The van der Waals surface area contributed by atoms with Gasteiger partial charge in [0, 0.05) is 29.5 Å². The zero-order valence-corrected chi connectivity index (χ0v) is 24.3. The summed E-state index contributed by atoms with van der Waals surface area (Å²) in [6, 6.07) is 11.6. The van der Waals surface area contributed by atoms with Gasteiger partial charge >= 0.3 is 5.97 Å². The molecule has 0 saturated carbocycles. The minimum absolute atomic E-state index is 0.249. The van der Waals surface area contributed by atoms with E-state index in [1.165, 1.54) is 18.9 Å². The van der Waals surface area contributed by atoms with Crippen LogP contribution in [0.15, 0.2) is 46.2 Å². The average Bonchev–Trinajstić information content (AvgIpc) is 3.00. The van der Waals surface area contributed by atoms with Crippen LogP contribution in [-0.4, -0.2) is 54.5 Å². The lowest BCUT2D eigenvalue weighted by Gasteiger charge is -2.42. The van der Waals surface area contributed by atoms with E-state index in [4.69, 9.17) is 14.2 Å². The number of thioether (sulfide) groups is 1. The van der Waals surface area contributed by atoms with Gasteiger partial charge in [0.15, 0.2) is 6.61 Å². The molecule has 7 nitrogen and oxygen atoms in total. The summed E-state index contributed by atoms with van der Waals surface area (Å²) in [4.78, 5) is 15.3. The summed E-state index contributed by atoms with van der Waals surface area (Å²) in [6.07, 6.45) is 7.91. The van der Waals surface area contributed by atoms with Gasteiger partial charge in [0.05, 0.1) is 29.7 Å². The van der Waals surface area contributed by atoms with E-state index in [0.29, 0.717) is 22.9 Å². The quantitative estimate of drug-likeness (QED) is 0.206. The highest BCUT2D eigenvalue weighted by molar-refractivity contribution is 8.24. The van der Waals surface area contributed by atoms with Crippen molar-refractivity contribution in [3.05, 3.63) is 36.4 Å². The highest BCUT2D eigenvalue weighted by Gasteiger charge is 2.42. The summed E-state index contributed by atoms with van der Waals surface area (Å²) in [7, 11) is -0.205. The lowest BCUT2D eigenvalue weighted by Crippen LogP contribution is -2.37. The largest absolute Gasteiger partial charge is 0.497 e. The van der Waals surface area contributed by atoms with Gasteiger partial charge in [-0.1, -0.05) is 39.5 Å². The molecule has 1 heterocycles. The topological polar surface area (TPSA) is 88.5 Å². The zero-order chi connectivity index (χ0) is 27.1. The smallest absolute Gasteiger partial charge is 0.343 e. The van der Waals surface area contributed by atoms with Crippen LogP contribution in [0.5, 0.6) is 11.5 Å². The second-order valence-corrected chi connectivity index (χ2v) is 12.5. The summed E-state index contributed by atoms with van der Waals surface area (Å²) in [5.41, 5.74) is 1.46. The Kier molecular flexibility index (Phi) is 10.5. The van der Waals surface area contributed by atoms with Crippen molar-refractivity contribution in [3.63, 3.8) is 0 Å². The normalized spacial score (nSPS) is 16.9. The Hall–Kier alpha value is -2.07. The van der Waals surface area contributed by atoms with Crippen molar-refractivity contribution in [2.24, 2.45) is 5.41 Å². The van der Waals surface area contributed by atoms with Gasteiger partial charge in [-0.05, 0) is 49.4 Å². The maximum atomic E-state index is 11.8. The van der Waals surface area contributed by atoms with Crippen molar-refractivity contribution < 1.29 is 28.1 Å². The standard InChI is InChI=1S/C28H41NO6S2/c1-6-8-14-28(15-9-7-2)19-29(21-10-12-22(33-3)13-11-21)23-16-25(36-5)24(35-18-27(30)34-4)17-26(23)37(31,32)20-28/h10-13,16-17,31-32H,6-9,14-15,18-20H2,1-5H3. The molecule has 0 unspecified atom stereocenters. The van der Waals surface area contributed by atoms with Gasteiger partial charge in [-0.3, -0.25) is 9.11 Å². The number of hydrogen-bond donors (Lipinski definition) is 2. The number of nitrogens with zero attached hydrogens (tertiary/aromatic N) is 1. The lowest BCUT2D eigenvalue weighted by atomic mass is 9.79. The van der Waals surface area contributed by atoms with Crippen molar-refractivity contribution in [3.8, 4) is 11.5 Å². The Balaban J connectivity index is 2.20. The molecule has 0 spiro atoms. The first kappa shape index (κ1) is 29.5.